The van der Waals surface area contributed by atoms with E-state index in [0.717, 1.165) is 21.6 Å². The first-order valence-electron chi connectivity index (χ1n) is 6.39. The molecular weight excluding hydrogens is 405 g/mol. The molecule has 1 aromatic heterocycles. The first-order chi connectivity index (χ1) is 11.0. The van der Waals surface area contributed by atoms with Crippen molar-refractivity contribution in [3.8, 4) is 11.3 Å². The number of hydrogen-bond acceptors (Lipinski definition) is 4. The molecule has 1 heterocycles. The van der Waals surface area contributed by atoms with Crippen molar-refractivity contribution in [2.75, 3.05) is 5.32 Å². The Labute approximate surface area is 148 Å². The average Bonchev–Trinajstić information content (AvgIpc) is 3.01. The van der Waals surface area contributed by atoms with Crippen molar-refractivity contribution in [3.05, 3.63) is 62.7 Å². The molecule has 3 rings (SSSR count). The van der Waals surface area contributed by atoms with Gasteiger partial charge in [0.25, 0.3) is 5.91 Å². The summed E-state index contributed by atoms with van der Waals surface area (Å²) in [6, 6.07) is 11.4. The van der Waals surface area contributed by atoms with E-state index in [9.17, 15) is 9.18 Å². The Balaban J connectivity index is 1.87. The van der Waals surface area contributed by atoms with Crippen molar-refractivity contribution in [2.24, 2.45) is 0 Å². The fourth-order valence-electron chi connectivity index (χ4n) is 1.90. The molecule has 0 radical (unpaired) electrons. The van der Waals surface area contributed by atoms with Gasteiger partial charge in [0.05, 0.1) is 5.02 Å². The molecule has 0 aliphatic carbocycles. The third kappa shape index (κ3) is 3.57. The van der Waals surface area contributed by atoms with Gasteiger partial charge >= 0.3 is 0 Å². The lowest BCUT2D eigenvalue weighted by Crippen LogP contribution is -2.11. The van der Waals surface area contributed by atoms with Crippen LogP contribution in [0.5, 0.6) is 0 Å². The topological polar surface area (TPSA) is 54.9 Å². The van der Waals surface area contributed by atoms with Crippen LogP contribution in [0.1, 0.15) is 9.67 Å². The molecule has 2 aromatic carbocycles. The standard InChI is InChI=1S/C15H8BrClFN3OS/c16-9-3-1-8(2-4-9)13-14(23-21-20-13)15(22)19-10-5-6-12(18)11(17)7-10/h1-7H,(H,19,22). The molecule has 0 saturated carbocycles. The van der Waals surface area contributed by atoms with Gasteiger partial charge in [0.15, 0.2) is 0 Å². The van der Waals surface area contributed by atoms with Crippen LogP contribution in [0.3, 0.4) is 0 Å². The molecule has 4 nitrogen and oxygen atoms in total. The average molecular weight is 413 g/mol. The number of hydrogen-bond donors (Lipinski definition) is 1. The van der Waals surface area contributed by atoms with Gasteiger partial charge in [-0.05, 0) is 41.9 Å². The van der Waals surface area contributed by atoms with Gasteiger partial charge in [0.2, 0.25) is 0 Å². The van der Waals surface area contributed by atoms with Gasteiger partial charge in [0, 0.05) is 15.7 Å². The number of nitrogens with one attached hydrogen (secondary N) is 1. The lowest BCUT2D eigenvalue weighted by molar-refractivity contribution is 0.103. The second kappa shape index (κ2) is 6.74. The molecule has 0 atom stereocenters. The number of carbonyl (C=O) groups excluding carboxylic acids is 1. The Kier molecular flexibility index (Phi) is 4.70. The Morgan fingerprint density at radius 2 is 1.96 bits per heavy atom. The first-order valence-corrected chi connectivity index (χ1v) is 8.34. The highest BCUT2D eigenvalue weighted by molar-refractivity contribution is 9.10. The number of rotatable bonds is 3. The molecule has 3 aromatic rings. The summed E-state index contributed by atoms with van der Waals surface area (Å²) < 4.78 is 17.9. The molecule has 0 unspecified atom stereocenters. The van der Waals surface area contributed by atoms with E-state index in [2.05, 4.69) is 30.8 Å². The van der Waals surface area contributed by atoms with E-state index in [-0.39, 0.29) is 10.9 Å². The molecule has 1 amide bonds. The zero-order valence-electron chi connectivity index (χ0n) is 11.4. The van der Waals surface area contributed by atoms with Crippen molar-refractivity contribution < 1.29 is 9.18 Å². The van der Waals surface area contributed by atoms with Gasteiger partial charge in [-0.25, -0.2) is 4.39 Å². The molecule has 23 heavy (non-hydrogen) atoms. The van der Waals surface area contributed by atoms with Crippen LogP contribution in [-0.4, -0.2) is 15.5 Å². The highest BCUT2D eigenvalue weighted by atomic mass is 79.9. The number of aromatic nitrogens is 2. The summed E-state index contributed by atoms with van der Waals surface area (Å²) in [7, 11) is 0. The minimum atomic E-state index is -0.542. The Bertz CT molecular complexity index is 869. The Morgan fingerprint density at radius 1 is 1.22 bits per heavy atom. The van der Waals surface area contributed by atoms with Crippen molar-refractivity contribution >= 4 is 50.7 Å². The van der Waals surface area contributed by atoms with Crippen LogP contribution in [0.25, 0.3) is 11.3 Å². The van der Waals surface area contributed by atoms with Crippen molar-refractivity contribution in [1.82, 2.24) is 9.59 Å². The summed E-state index contributed by atoms with van der Waals surface area (Å²) in [5.74, 6) is -0.916. The SMILES string of the molecule is O=C(Nc1ccc(F)c(Cl)c1)c1snnc1-c1ccc(Br)cc1. The van der Waals surface area contributed by atoms with Gasteiger partial charge in [-0.15, -0.1) is 5.10 Å². The molecule has 0 aliphatic heterocycles. The van der Waals surface area contributed by atoms with Crippen LogP contribution in [0.2, 0.25) is 5.02 Å². The van der Waals surface area contributed by atoms with Crippen LogP contribution in [0, 0.1) is 5.82 Å². The van der Waals surface area contributed by atoms with E-state index in [1.54, 1.807) is 0 Å². The molecule has 0 spiro atoms. The maximum Gasteiger partial charge on any atom is 0.269 e. The van der Waals surface area contributed by atoms with Crippen LogP contribution in [-0.2, 0) is 0 Å². The number of amides is 1. The van der Waals surface area contributed by atoms with E-state index in [4.69, 9.17) is 11.6 Å². The van der Waals surface area contributed by atoms with Gasteiger partial charge < -0.3 is 5.32 Å². The third-order valence-electron chi connectivity index (χ3n) is 2.99. The summed E-state index contributed by atoms with van der Waals surface area (Å²) in [6.45, 7) is 0. The lowest BCUT2D eigenvalue weighted by Gasteiger charge is -2.05. The number of nitrogens with zero attached hydrogens (tertiary/aromatic N) is 2. The molecule has 0 fully saturated rings. The zero-order valence-corrected chi connectivity index (χ0v) is 14.5. The highest BCUT2D eigenvalue weighted by Gasteiger charge is 2.18. The van der Waals surface area contributed by atoms with E-state index in [1.807, 2.05) is 24.3 Å². The van der Waals surface area contributed by atoms with Crippen LogP contribution in [0.15, 0.2) is 46.9 Å². The number of benzene rings is 2. The van der Waals surface area contributed by atoms with Gasteiger partial charge in [-0.2, -0.15) is 0 Å². The van der Waals surface area contributed by atoms with E-state index < -0.39 is 5.82 Å². The minimum absolute atomic E-state index is 0.0571. The molecule has 0 bridgehead atoms. The number of halogens is 3. The Hall–Kier alpha value is -1.83. The van der Waals surface area contributed by atoms with Crippen LogP contribution in [0.4, 0.5) is 10.1 Å². The number of carbonyl (C=O) groups is 1. The predicted molar refractivity (Wildman–Crippen MR) is 92.4 cm³/mol. The molecule has 1 N–H and O–H groups in total. The molecule has 116 valence electrons. The molecule has 8 heteroatoms. The van der Waals surface area contributed by atoms with Crippen LogP contribution >= 0.6 is 39.1 Å². The van der Waals surface area contributed by atoms with E-state index >= 15 is 0 Å². The summed E-state index contributed by atoms with van der Waals surface area (Å²) in [5, 5.41) is 6.62. The largest absolute Gasteiger partial charge is 0.321 e. The lowest BCUT2D eigenvalue weighted by atomic mass is 10.1. The summed E-state index contributed by atoms with van der Waals surface area (Å²) >= 11 is 10.1. The maximum absolute atomic E-state index is 13.2. The molecule has 0 aliphatic rings. The normalized spacial score (nSPS) is 10.6. The van der Waals surface area contributed by atoms with Crippen molar-refractivity contribution in [3.63, 3.8) is 0 Å². The fraction of sp³-hybridized carbons (Fsp3) is 0. The third-order valence-corrected chi connectivity index (χ3v) is 4.53. The smallest absolute Gasteiger partial charge is 0.269 e. The van der Waals surface area contributed by atoms with Crippen LogP contribution < -0.4 is 5.32 Å². The molecular formula is C15H8BrClFN3OS. The van der Waals surface area contributed by atoms with Crippen molar-refractivity contribution in [2.45, 2.75) is 0 Å². The quantitative estimate of drug-likeness (QED) is 0.658. The summed E-state index contributed by atoms with van der Waals surface area (Å²) in [6.07, 6.45) is 0. The van der Waals surface area contributed by atoms with Crippen molar-refractivity contribution in [1.29, 1.82) is 0 Å². The number of anilines is 1. The fourth-order valence-corrected chi connectivity index (χ4v) is 2.93. The van der Waals surface area contributed by atoms with E-state index in [1.165, 1.54) is 18.2 Å². The first kappa shape index (κ1) is 16.0. The summed E-state index contributed by atoms with van der Waals surface area (Å²) in [5.41, 5.74) is 1.68. The second-order valence-corrected chi connectivity index (χ2v) is 6.62. The second-order valence-electron chi connectivity index (χ2n) is 4.54. The highest BCUT2D eigenvalue weighted by Crippen LogP contribution is 2.27. The Morgan fingerprint density at radius 3 is 2.65 bits per heavy atom. The minimum Gasteiger partial charge on any atom is -0.321 e. The predicted octanol–water partition coefficient (Wildman–Crippen LogP) is 5.01. The maximum atomic E-state index is 13.2. The van der Waals surface area contributed by atoms with Gasteiger partial charge in [-0.1, -0.05) is 44.2 Å². The summed E-state index contributed by atoms with van der Waals surface area (Å²) in [4.78, 5) is 12.8. The van der Waals surface area contributed by atoms with E-state index in [0.29, 0.717) is 16.3 Å². The molecule has 0 saturated heterocycles. The van der Waals surface area contributed by atoms with Gasteiger partial charge in [-0.3, -0.25) is 4.79 Å². The monoisotopic (exact) mass is 411 g/mol. The zero-order chi connectivity index (χ0) is 16.4. The van der Waals surface area contributed by atoms with Gasteiger partial charge in [0.1, 0.15) is 16.4 Å².